The van der Waals surface area contributed by atoms with Crippen LogP contribution in [0.4, 0.5) is 0 Å². The van der Waals surface area contributed by atoms with Gasteiger partial charge >= 0.3 is 5.97 Å². The Morgan fingerprint density at radius 3 is 2.42 bits per heavy atom. The lowest BCUT2D eigenvalue weighted by Crippen LogP contribution is -2.50. The van der Waals surface area contributed by atoms with Crippen molar-refractivity contribution < 1.29 is 14.3 Å². The van der Waals surface area contributed by atoms with Gasteiger partial charge in [-0.05, 0) is 44.0 Å². The van der Waals surface area contributed by atoms with Gasteiger partial charge in [-0.2, -0.15) is 5.26 Å². The highest BCUT2D eigenvalue weighted by molar-refractivity contribution is 8.00. The molecule has 1 amide bonds. The van der Waals surface area contributed by atoms with Crippen molar-refractivity contribution in [1.29, 1.82) is 5.26 Å². The third-order valence-electron chi connectivity index (χ3n) is 3.59. The number of carbonyl (C=O) groups is 2. The minimum absolute atomic E-state index is 0.0680. The lowest BCUT2D eigenvalue weighted by Gasteiger charge is -2.27. The van der Waals surface area contributed by atoms with E-state index in [9.17, 15) is 9.59 Å². The van der Waals surface area contributed by atoms with Crippen molar-refractivity contribution in [3.05, 3.63) is 29.3 Å². The normalized spacial score (nSPS) is 14.4. The summed E-state index contributed by atoms with van der Waals surface area (Å²) in [4.78, 5) is 24.7. The van der Waals surface area contributed by atoms with Gasteiger partial charge in [-0.1, -0.05) is 25.4 Å². The van der Waals surface area contributed by atoms with Crippen molar-refractivity contribution in [2.75, 3.05) is 6.61 Å². The standard InChI is InChI=1S/C17H21ClN2O3S/c1-11(2)17(4,10-19)20-15(21)9-23-16(22)12(3)24-14-7-5-13(18)6-8-14/h5-8,11-12H,9H2,1-4H3,(H,20,21)/t12-,17+/m1/s1. The van der Waals surface area contributed by atoms with E-state index in [1.54, 1.807) is 26.0 Å². The second-order valence-corrected chi connectivity index (χ2v) is 7.69. The Kier molecular flexibility index (Phi) is 7.59. The van der Waals surface area contributed by atoms with Crippen molar-refractivity contribution in [2.45, 2.75) is 43.4 Å². The number of nitrogens with zero attached hydrogens (tertiary/aromatic N) is 1. The second kappa shape index (κ2) is 8.95. The molecule has 1 rings (SSSR count). The van der Waals surface area contributed by atoms with Gasteiger partial charge in [0.1, 0.15) is 10.8 Å². The van der Waals surface area contributed by atoms with Crippen LogP contribution in [-0.2, 0) is 14.3 Å². The van der Waals surface area contributed by atoms with Crippen molar-refractivity contribution in [2.24, 2.45) is 5.92 Å². The van der Waals surface area contributed by atoms with Crippen LogP contribution in [-0.4, -0.2) is 29.3 Å². The fourth-order valence-corrected chi connectivity index (χ4v) is 2.64. The van der Waals surface area contributed by atoms with Crippen molar-refractivity contribution in [3.8, 4) is 6.07 Å². The maximum absolute atomic E-state index is 12.0. The zero-order valence-electron chi connectivity index (χ0n) is 14.1. The molecular weight excluding hydrogens is 348 g/mol. The molecule has 1 aromatic carbocycles. The first-order valence-corrected chi connectivity index (χ1v) is 8.75. The molecule has 2 atom stereocenters. The second-order valence-electron chi connectivity index (χ2n) is 5.84. The SMILES string of the molecule is CC(C)[C@](C)(C#N)NC(=O)COC(=O)[C@@H](C)Sc1ccc(Cl)cc1. The highest BCUT2D eigenvalue weighted by Crippen LogP contribution is 2.25. The lowest BCUT2D eigenvalue weighted by atomic mass is 9.90. The molecule has 0 aliphatic heterocycles. The first-order chi connectivity index (χ1) is 11.2. The largest absolute Gasteiger partial charge is 0.455 e. The molecule has 24 heavy (non-hydrogen) atoms. The van der Waals surface area contributed by atoms with Crippen LogP contribution in [0.3, 0.4) is 0 Å². The fourth-order valence-electron chi connectivity index (χ4n) is 1.65. The van der Waals surface area contributed by atoms with Gasteiger partial charge in [0.2, 0.25) is 0 Å². The van der Waals surface area contributed by atoms with Crippen LogP contribution in [0.15, 0.2) is 29.2 Å². The third kappa shape index (κ3) is 6.06. The summed E-state index contributed by atoms with van der Waals surface area (Å²) in [5.74, 6) is -1.06. The van der Waals surface area contributed by atoms with Crippen molar-refractivity contribution in [1.82, 2.24) is 5.32 Å². The van der Waals surface area contributed by atoms with Crippen molar-refractivity contribution >= 4 is 35.2 Å². The van der Waals surface area contributed by atoms with Crippen LogP contribution >= 0.6 is 23.4 Å². The summed E-state index contributed by atoms with van der Waals surface area (Å²) >= 11 is 7.13. The van der Waals surface area contributed by atoms with Crippen LogP contribution in [0, 0.1) is 17.2 Å². The molecule has 0 heterocycles. The van der Waals surface area contributed by atoms with E-state index < -0.39 is 29.3 Å². The highest BCUT2D eigenvalue weighted by atomic mass is 35.5. The van der Waals surface area contributed by atoms with Crippen molar-refractivity contribution in [3.63, 3.8) is 0 Å². The number of hydrogen-bond acceptors (Lipinski definition) is 5. The van der Waals surface area contributed by atoms with Gasteiger partial charge in [-0.3, -0.25) is 9.59 Å². The number of ether oxygens (including phenoxy) is 1. The van der Waals surface area contributed by atoms with Gasteiger partial charge in [0.05, 0.1) is 6.07 Å². The van der Waals surface area contributed by atoms with Gasteiger partial charge in [0.15, 0.2) is 6.61 Å². The Morgan fingerprint density at radius 2 is 1.92 bits per heavy atom. The molecule has 0 fully saturated rings. The first kappa shape index (κ1) is 20.3. The molecule has 5 nitrogen and oxygen atoms in total. The Labute approximate surface area is 151 Å². The highest BCUT2D eigenvalue weighted by Gasteiger charge is 2.30. The summed E-state index contributed by atoms with van der Waals surface area (Å²) in [7, 11) is 0. The number of halogens is 1. The van der Waals surface area contributed by atoms with Gasteiger partial charge in [-0.25, -0.2) is 0 Å². The monoisotopic (exact) mass is 368 g/mol. The summed E-state index contributed by atoms with van der Waals surface area (Å²) in [6.07, 6.45) is 0. The van der Waals surface area contributed by atoms with Gasteiger partial charge in [0.25, 0.3) is 5.91 Å². The Hall–Kier alpha value is -1.71. The summed E-state index contributed by atoms with van der Waals surface area (Å²) in [6.45, 7) is 6.60. The van der Waals surface area contributed by atoms with E-state index in [-0.39, 0.29) is 5.92 Å². The lowest BCUT2D eigenvalue weighted by molar-refractivity contribution is -0.148. The van der Waals surface area contributed by atoms with E-state index in [1.807, 2.05) is 26.0 Å². The van der Waals surface area contributed by atoms with E-state index in [1.165, 1.54) is 11.8 Å². The van der Waals surface area contributed by atoms with Crippen LogP contribution in [0.25, 0.3) is 0 Å². The average molecular weight is 369 g/mol. The summed E-state index contributed by atoms with van der Waals surface area (Å²) in [5, 5.41) is 11.9. The zero-order chi connectivity index (χ0) is 18.3. The number of amides is 1. The number of nitriles is 1. The van der Waals surface area contributed by atoms with E-state index in [4.69, 9.17) is 21.6 Å². The van der Waals surface area contributed by atoms with Crippen LogP contribution in [0.1, 0.15) is 27.7 Å². The topological polar surface area (TPSA) is 79.2 Å². The number of esters is 1. The number of hydrogen-bond donors (Lipinski definition) is 1. The summed E-state index contributed by atoms with van der Waals surface area (Å²) in [6, 6.07) is 9.17. The predicted octanol–water partition coefficient (Wildman–Crippen LogP) is 3.42. The molecule has 1 aromatic rings. The van der Waals surface area contributed by atoms with Crippen LogP contribution in [0.2, 0.25) is 5.02 Å². The van der Waals surface area contributed by atoms with Gasteiger partial charge in [0, 0.05) is 9.92 Å². The number of thioether (sulfide) groups is 1. The molecule has 0 saturated heterocycles. The average Bonchev–Trinajstić information content (AvgIpc) is 2.54. The fraction of sp³-hybridized carbons (Fsp3) is 0.471. The molecule has 0 aliphatic rings. The van der Waals surface area contributed by atoms with Gasteiger partial charge < -0.3 is 10.1 Å². The Bertz CT molecular complexity index is 628. The summed E-state index contributed by atoms with van der Waals surface area (Å²) in [5.41, 5.74) is -0.993. The van der Waals surface area contributed by atoms with E-state index in [2.05, 4.69) is 11.4 Å². The molecular formula is C17H21ClN2O3S. The minimum atomic E-state index is -0.993. The molecule has 130 valence electrons. The summed E-state index contributed by atoms with van der Waals surface area (Å²) < 4.78 is 5.02. The molecule has 0 aromatic heterocycles. The smallest absolute Gasteiger partial charge is 0.319 e. The van der Waals surface area contributed by atoms with E-state index in [0.29, 0.717) is 5.02 Å². The molecule has 7 heteroatoms. The van der Waals surface area contributed by atoms with Crippen LogP contribution < -0.4 is 5.32 Å². The molecule has 0 unspecified atom stereocenters. The minimum Gasteiger partial charge on any atom is -0.455 e. The zero-order valence-corrected chi connectivity index (χ0v) is 15.7. The predicted molar refractivity (Wildman–Crippen MR) is 94.7 cm³/mol. The molecule has 1 N–H and O–H groups in total. The third-order valence-corrected chi connectivity index (χ3v) is 4.93. The van der Waals surface area contributed by atoms with E-state index >= 15 is 0 Å². The number of nitrogens with one attached hydrogen (secondary N) is 1. The molecule has 0 spiro atoms. The Morgan fingerprint density at radius 1 is 1.33 bits per heavy atom. The van der Waals surface area contributed by atoms with Gasteiger partial charge in [-0.15, -0.1) is 11.8 Å². The van der Waals surface area contributed by atoms with E-state index in [0.717, 1.165) is 4.90 Å². The number of rotatable bonds is 7. The number of benzene rings is 1. The molecule has 0 bridgehead atoms. The Balaban J connectivity index is 2.49. The molecule has 0 saturated carbocycles. The molecule has 0 aliphatic carbocycles. The maximum Gasteiger partial charge on any atom is 0.319 e. The first-order valence-electron chi connectivity index (χ1n) is 7.49. The maximum atomic E-state index is 12.0. The number of carbonyl (C=O) groups excluding carboxylic acids is 2. The molecule has 0 radical (unpaired) electrons. The van der Waals surface area contributed by atoms with Crippen LogP contribution in [0.5, 0.6) is 0 Å². The quantitative estimate of drug-likeness (QED) is 0.589.